The molecule has 5 heteroatoms. The zero-order valence-electron chi connectivity index (χ0n) is 11.4. The maximum atomic E-state index is 11.3. The highest BCUT2D eigenvalue weighted by Gasteiger charge is 2.14. The van der Waals surface area contributed by atoms with Crippen molar-refractivity contribution in [2.75, 3.05) is 0 Å². The molecule has 0 aliphatic heterocycles. The van der Waals surface area contributed by atoms with Crippen molar-refractivity contribution in [3.05, 3.63) is 60.3 Å². The van der Waals surface area contributed by atoms with Crippen molar-refractivity contribution in [2.24, 2.45) is 0 Å². The highest BCUT2D eigenvalue weighted by Crippen LogP contribution is 2.29. The van der Waals surface area contributed by atoms with E-state index >= 15 is 0 Å². The number of nitrogens with zero attached hydrogens (tertiary/aromatic N) is 2. The Morgan fingerprint density at radius 1 is 1.09 bits per heavy atom. The Kier molecular flexibility index (Phi) is 2.66. The van der Waals surface area contributed by atoms with E-state index in [0.29, 0.717) is 5.52 Å². The summed E-state index contributed by atoms with van der Waals surface area (Å²) in [7, 11) is 0. The molecule has 0 amide bonds. The van der Waals surface area contributed by atoms with E-state index in [1.54, 1.807) is 18.3 Å². The Bertz CT molecular complexity index is 1020. The number of aromatic carboxylic acids is 1. The van der Waals surface area contributed by atoms with Crippen LogP contribution in [0.15, 0.2) is 54.7 Å². The van der Waals surface area contributed by atoms with Crippen LogP contribution >= 0.6 is 0 Å². The van der Waals surface area contributed by atoms with Gasteiger partial charge in [0.1, 0.15) is 0 Å². The fourth-order valence-corrected chi connectivity index (χ4v) is 2.66. The van der Waals surface area contributed by atoms with Gasteiger partial charge < -0.3 is 5.11 Å². The molecule has 0 spiro atoms. The number of carboxylic acid groups (broad SMARTS) is 1. The molecule has 0 unspecified atom stereocenters. The third-order valence-electron chi connectivity index (χ3n) is 3.71. The zero-order valence-corrected chi connectivity index (χ0v) is 11.4. The molecule has 0 saturated carbocycles. The summed E-state index contributed by atoms with van der Waals surface area (Å²) < 4.78 is 0. The normalized spacial score (nSPS) is 11.1. The summed E-state index contributed by atoms with van der Waals surface area (Å²) in [5.74, 6) is -0.969. The summed E-state index contributed by atoms with van der Waals surface area (Å²) in [6.07, 6.45) is 1.76. The van der Waals surface area contributed by atoms with Crippen LogP contribution in [0.3, 0.4) is 0 Å². The number of carboxylic acids is 1. The number of hydrogen-bond acceptors (Lipinski definition) is 3. The zero-order chi connectivity index (χ0) is 15.1. The number of aromatic nitrogens is 3. The van der Waals surface area contributed by atoms with Crippen molar-refractivity contribution < 1.29 is 9.90 Å². The Morgan fingerprint density at radius 3 is 2.86 bits per heavy atom. The number of rotatable bonds is 2. The van der Waals surface area contributed by atoms with Gasteiger partial charge in [-0.05, 0) is 24.3 Å². The van der Waals surface area contributed by atoms with Crippen LogP contribution in [-0.2, 0) is 0 Å². The maximum Gasteiger partial charge on any atom is 0.337 e. The van der Waals surface area contributed by atoms with Crippen LogP contribution in [0.25, 0.3) is 33.1 Å². The predicted molar refractivity (Wildman–Crippen MR) is 83.8 cm³/mol. The molecule has 0 aliphatic rings. The summed E-state index contributed by atoms with van der Waals surface area (Å²) in [6.45, 7) is 0. The first kappa shape index (κ1) is 12.5. The summed E-state index contributed by atoms with van der Waals surface area (Å²) in [4.78, 5) is 15.6. The average molecular weight is 289 g/mol. The lowest BCUT2D eigenvalue weighted by atomic mass is 10.0. The lowest BCUT2D eigenvalue weighted by Gasteiger charge is -2.01. The van der Waals surface area contributed by atoms with Gasteiger partial charge in [-0.3, -0.25) is 10.1 Å². The van der Waals surface area contributed by atoms with Gasteiger partial charge in [0, 0.05) is 22.5 Å². The van der Waals surface area contributed by atoms with E-state index in [0.717, 1.165) is 27.5 Å². The number of benzene rings is 2. The van der Waals surface area contributed by atoms with Crippen molar-refractivity contribution in [2.45, 2.75) is 0 Å². The number of para-hydroxylation sites is 1. The third-order valence-corrected chi connectivity index (χ3v) is 3.71. The van der Waals surface area contributed by atoms with Gasteiger partial charge in [-0.25, -0.2) is 4.79 Å². The molecule has 0 saturated heterocycles. The van der Waals surface area contributed by atoms with Gasteiger partial charge in [0.05, 0.1) is 22.3 Å². The first-order valence-electron chi connectivity index (χ1n) is 6.79. The highest BCUT2D eigenvalue weighted by molar-refractivity contribution is 6.06. The molecule has 0 aliphatic carbocycles. The van der Waals surface area contributed by atoms with E-state index in [2.05, 4.69) is 15.2 Å². The Hall–Kier alpha value is -3.21. The van der Waals surface area contributed by atoms with E-state index in [4.69, 9.17) is 0 Å². The topological polar surface area (TPSA) is 78.9 Å². The monoisotopic (exact) mass is 289 g/mol. The molecule has 4 rings (SSSR count). The summed E-state index contributed by atoms with van der Waals surface area (Å²) in [5, 5.41) is 18.2. The molecule has 2 heterocycles. The van der Waals surface area contributed by atoms with Gasteiger partial charge in [-0.15, -0.1) is 0 Å². The molecule has 2 N–H and O–H groups in total. The number of H-pyrrole nitrogens is 1. The summed E-state index contributed by atoms with van der Waals surface area (Å²) >= 11 is 0. The van der Waals surface area contributed by atoms with E-state index in [-0.39, 0.29) is 5.56 Å². The van der Waals surface area contributed by atoms with Gasteiger partial charge in [-0.2, -0.15) is 5.10 Å². The molecule has 106 valence electrons. The van der Waals surface area contributed by atoms with Crippen molar-refractivity contribution >= 4 is 27.8 Å². The molecule has 0 fully saturated rings. The first-order chi connectivity index (χ1) is 10.7. The lowest BCUT2D eigenvalue weighted by molar-refractivity contribution is 0.0699. The van der Waals surface area contributed by atoms with E-state index < -0.39 is 5.97 Å². The van der Waals surface area contributed by atoms with Crippen LogP contribution in [0.5, 0.6) is 0 Å². The largest absolute Gasteiger partial charge is 0.478 e. The van der Waals surface area contributed by atoms with Crippen molar-refractivity contribution in [3.63, 3.8) is 0 Å². The van der Waals surface area contributed by atoms with Gasteiger partial charge >= 0.3 is 5.97 Å². The van der Waals surface area contributed by atoms with E-state index in [1.807, 2.05) is 36.4 Å². The average Bonchev–Trinajstić information content (AvgIpc) is 2.98. The van der Waals surface area contributed by atoms with Gasteiger partial charge in [-0.1, -0.05) is 24.3 Å². The third kappa shape index (κ3) is 1.83. The second kappa shape index (κ2) is 4.66. The molecule has 0 radical (unpaired) electrons. The van der Waals surface area contributed by atoms with E-state index in [1.165, 1.54) is 0 Å². The molecule has 5 nitrogen and oxygen atoms in total. The minimum atomic E-state index is -0.969. The molecule has 0 atom stereocenters. The minimum absolute atomic E-state index is 0.221. The fraction of sp³-hybridized carbons (Fsp3) is 0. The number of fused-ring (bicyclic) bond motifs is 2. The van der Waals surface area contributed by atoms with Crippen LogP contribution in [0.2, 0.25) is 0 Å². The number of pyridine rings is 1. The minimum Gasteiger partial charge on any atom is -0.478 e. The molecule has 2 aromatic heterocycles. The molecule has 4 aromatic rings. The van der Waals surface area contributed by atoms with Gasteiger partial charge in [0.2, 0.25) is 0 Å². The number of carbonyl (C=O) groups is 1. The first-order valence-corrected chi connectivity index (χ1v) is 6.79. The maximum absolute atomic E-state index is 11.3. The van der Waals surface area contributed by atoms with Crippen molar-refractivity contribution in [1.29, 1.82) is 0 Å². The summed E-state index contributed by atoms with van der Waals surface area (Å²) in [5.41, 5.74) is 3.34. The van der Waals surface area contributed by atoms with Crippen LogP contribution in [0, 0.1) is 0 Å². The Labute approximate surface area is 125 Å². The van der Waals surface area contributed by atoms with Crippen LogP contribution < -0.4 is 0 Å². The van der Waals surface area contributed by atoms with E-state index in [9.17, 15) is 9.90 Å². The highest BCUT2D eigenvalue weighted by atomic mass is 16.4. The van der Waals surface area contributed by atoms with Crippen LogP contribution in [0.1, 0.15) is 10.4 Å². The second-order valence-electron chi connectivity index (χ2n) is 5.02. The quantitative estimate of drug-likeness (QED) is 0.592. The SMILES string of the molecule is O=C(O)c1cccc2c(-c3ccc4ncccc4c3)n[nH]c12. The van der Waals surface area contributed by atoms with Crippen LogP contribution in [0.4, 0.5) is 0 Å². The van der Waals surface area contributed by atoms with Gasteiger partial charge in [0.15, 0.2) is 0 Å². The second-order valence-corrected chi connectivity index (χ2v) is 5.02. The number of nitrogens with one attached hydrogen (secondary N) is 1. The smallest absolute Gasteiger partial charge is 0.337 e. The molecular formula is C17H11N3O2. The Morgan fingerprint density at radius 2 is 2.00 bits per heavy atom. The standard InChI is InChI=1S/C17H11N3O2/c21-17(22)13-5-1-4-12-15(19-20-16(12)13)11-6-7-14-10(9-11)3-2-8-18-14/h1-9H,(H,19,20)(H,21,22). The fourth-order valence-electron chi connectivity index (χ4n) is 2.66. The van der Waals surface area contributed by atoms with Crippen LogP contribution in [-0.4, -0.2) is 26.3 Å². The van der Waals surface area contributed by atoms with Crippen molar-refractivity contribution in [1.82, 2.24) is 15.2 Å². The van der Waals surface area contributed by atoms with Gasteiger partial charge in [0.25, 0.3) is 0 Å². The lowest BCUT2D eigenvalue weighted by Crippen LogP contribution is -1.96. The molecular weight excluding hydrogens is 278 g/mol. The van der Waals surface area contributed by atoms with Crippen molar-refractivity contribution in [3.8, 4) is 11.3 Å². The Balaban J connectivity index is 1.96. The number of hydrogen-bond donors (Lipinski definition) is 2. The molecule has 22 heavy (non-hydrogen) atoms. The summed E-state index contributed by atoms with van der Waals surface area (Å²) in [6, 6.07) is 14.9. The molecule has 2 aromatic carbocycles. The predicted octanol–water partition coefficient (Wildman–Crippen LogP) is 3.48. The molecule has 0 bridgehead atoms. The number of aromatic amines is 1.